The van der Waals surface area contributed by atoms with E-state index in [-0.39, 0.29) is 0 Å². The van der Waals surface area contributed by atoms with Crippen LogP contribution in [0.3, 0.4) is 0 Å². The average molecular weight is 302 g/mol. The van der Waals surface area contributed by atoms with Gasteiger partial charge in [0.05, 0.1) is 19.8 Å². The number of fused-ring (bicyclic) bond motifs is 1. The van der Waals surface area contributed by atoms with Crippen LogP contribution in [0, 0.1) is 6.92 Å². The van der Waals surface area contributed by atoms with Gasteiger partial charge in [-0.3, -0.25) is 4.90 Å². The molecule has 1 fully saturated rings. The van der Waals surface area contributed by atoms with Gasteiger partial charge in [0.25, 0.3) is 0 Å². The van der Waals surface area contributed by atoms with Crippen molar-refractivity contribution in [3.8, 4) is 5.88 Å². The van der Waals surface area contributed by atoms with E-state index in [1.54, 1.807) is 6.07 Å². The Kier molecular flexibility index (Phi) is 4.70. The zero-order valence-electron chi connectivity index (χ0n) is 12.9. The third-order valence-corrected chi connectivity index (χ3v) is 3.85. The van der Waals surface area contributed by atoms with E-state index in [0.717, 1.165) is 50.2 Å². The minimum absolute atomic E-state index is 0.476. The number of hydrogen-bond donors (Lipinski definition) is 1. The molecular weight excluding hydrogens is 280 g/mol. The highest BCUT2D eigenvalue weighted by molar-refractivity contribution is 5.80. The van der Waals surface area contributed by atoms with E-state index in [9.17, 15) is 0 Å². The van der Waals surface area contributed by atoms with Crippen LogP contribution in [0.25, 0.3) is 11.0 Å². The molecule has 0 atom stereocenters. The van der Waals surface area contributed by atoms with Crippen LogP contribution in [0.5, 0.6) is 5.88 Å². The fraction of sp³-hybridized carbons (Fsp3) is 0.500. The standard InChI is InChI=1S/C16H22N4O2/c1-12-11-15(19-16-13(12)3-4-14(17)18-16)22-8-2-5-20-6-9-21-10-7-20/h3-4,11H,2,5-10H2,1H3,(H2,17,18,19). The zero-order chi connectivity index (χ0) is 15.4. The molecule has 22 heavy (non-hydrogen) atoms. The third kappa shape index (κ3) is 3.64. The molecule has 1 aliphatic heterocycles. The van der Waals surface area contributed by atoms with Crippen LogP contribution in [0.2, 0.25) is 0 Å². The Labute approximate surface area is 130 Å². The van der Waals surface area contributed by atoms with Crippen molar-refractivity contribution in [2.75, 3.05) is 45.2 Å². The first-order valence-corrected chi connectivity index (χ1v) is 7.69. The van der Waals surface area contributed by atoms with Crippen molar-refractivity contribution in [3.05, 3.63) is 23.8 Å². The maximum absolute atomic E-state index is 5.78. The number of rotatable bonds is 5. The Morgan fingerprint density at radius 1 is 1.27 bits per heavy atom. The fourth-order valence-electron chi connectivity index (χ4n) is 2.62. The van der Waals surface area contributed by atoms with Gasteiger partial charge in [0.2, 0.25) is 5.88 Å². The van der Waals surface area contributed by atoms with Gasteiger partial charge in [0.15, 0.2) is 5.65 Å². The molecule has 0 aliphatic carbocycles. The Morgan fingerprint density at radius 2 is 2.09 bits per heavy atom. The molecule has 2 aromatic heterocycles. The summed E-state index contributed by atoms with van der Waals surface area (Å²) in [5.41, 5.74) is 7.46. The van der Waals surface area contributed by atoms with Crippen LogP contribution in [0.15, 0.2) is 18.2 Å². The van der Waals surface area contributed by atoms with Crippen LogP contribution >= 0.6 is 0 Å². The summed E-state index contributed by atoms with van der Waals surface area (Å²) in [7, 11) is 0. The first kappa shape index (κ1) is 15.0. The lowest BCUT2D eigenvalue weighted by Crippen LogP contribution is -2.37. The van der Waals surface area contributed by atoms with Crippen LogP contribution in [0.4, 0.5) is 5.82 Å². The molecule has 2 N–H and O–H groups in total. The number of morpholine rings is 1. The van der Waals surface area contributed by atoms with Gasteiger partial charge in [-0.15, -0.1) is 0 Å². The average Bonchev–Trinajstić information content (AvgIpc) is 2.52. The van der Waals surface area contributed by atoms with Gasteiger partial charge >= 0.3 is 0 Å². The Bertz CT molecular complexity index is 641. The van der Waals surface area contributed by atoms with Crippen LogP contribution in [0.1, 0.15) is 12.0 Å². The second-order valence-corrected chi connectivity index (χ2v) is 5.54. The molecule has 0 amide bonds. The second kappa shape index (κ2) is 6.89. The Hall–Kier alpha value is -1.92. The number of nitrogens with zero attached hydrogens (tertiary/aromatic N) is 3. The molecule has 3 heterocycles. The van der Waals surface area contributed by atoms with Crippen LogP contribution < -0.4 is 10.5 Å². The van der Waals surface area contributed by atoms with Crippen molar-refractivity contribution in [3.63, 3.8) is 0 Å². The summed E-state index contributed by atoms with van der Waals surface area (Å²) in [6.45, 7) is 7.40. The van der Waals surface area contributed by atoms with E-state index in [1.165, 1.54) is 0 Å². The third-order valence-electron chi connectivity index (χ3n) is 3.85. The topological polar surface area (TPSA) is 73.5 Å². The number of aromatic nitrogens is 2. The molecule has 1 saturated heterocycles. The van der Waals surface area contributed by atoms with Gasteiger partial charge in [-0.2, -0.15) is 4.98 Å². The first-order valence-electron chi connectivity index (χ1n) is 7.69. The highest BCUT2D eigenvalue weighted by Crippen LogP contribution is 2.21. The molecule has 2 aromatic rings. The predicted octanol–water partition coefficient (Wildman–Crippen LogP) is 1.62. The number of nitrogens with two attached hydrogens (primary N) is 1. The van der Waals surface area contributed by atoms with Gasteiger partial charge in [-0.25, -0.2) is 4.98 Å². The quantitative estimate of drug-likeness (QED) is 0.846. The van der Waals surface area contributed by atoms with Crippen molar-refractivity contribution < 1.29 is 9.47 Å². The van der Waals surface area contributed by atoms with E-state index < -0.39 is 0 Å². The molecule has 6 heteroatoms. The normalized spacial score (nSPS) is 16.0. The monoisotopic (exact) mass is 302 g/mol. The van der Waals surface area contributed by atoms with E-state index in [4.69, 9.17) is 15.2 Å². The summed E-state index contributed by atoms with van der Waals surface area (Å²) in [5, 5.41) is 1.01. The molecule has 0 bridgehead atoms. The molecule has 3 rings (SSSR count). The molecule has 0 saturated carbocycles. The van der Waals surface area contributed by atoms with E-state index in [1.807, 2.05) is 19.1 Å². The molecule has 6 nitrogen and oxygen atoms in total. The minimum atomic E-state index is 0.476. The molecule has 118 valence electrons. The van der Waals surface area contributed by atoms with Crippen LogP contribution in [-0.2, 0) is 4.74 Å². The lowest BCUT2D eigenvalue weighted by molar-refractivity contribution is 0.0357. The van der Waals surface area contributed by atoms with Gasteiger partial charge in [0, 0.05) is 31.1 Å². The number of aryl methyl sites for hydroxylation is 1. The number of hydrogen-bond acceptors (Lipinski definition) is 6. The maximum atomic E-state index is 5.78. The summed E-state index contributed by atoms with van der Waals surface area (Å²) in [6, 6.07) is 5.69. The van der Waals surface area contributed by atoms with E-state index >= 15 is 0 Å². The predicted molar refractivity (Wildman–Crippen MR) is 86.1 cm³/mol. The number of anilines is 1. The number of pyridine rings is 2. The molecular formula is C16H22N4O2. The molecule has 0 unspecified atom stereocenters. The van der Waals surface area contributed by atoms with Gasteiger partial charge in [-0.05, 0) is 31.0 Å². The smallest absolute Gasteiger partial charge is 0.215 e. The van der Waals surface area contributed by atoms with Gasteiger partial charge < -0.3 is 15.2 Å². The molecule has 1 aliphatic rings. The number of nitrogen functional groups attached to an aromatic ring is 1. The number of ether oxygens (including phenoxy) is 2. The second-order valence-electron chi connectivity index (χ2n) is 5.54. The van der Waals surface area contributed by atoms with E-state index in [2.05, 4.69) is 14.9 Å². The van der Waals surface area contributed by atoms with Crippen molar-refractivity contribution in [2.24, 2.45) is 0 Å². The highest BCUT2D eigenvalue weighted by Gasteiger charge is 2.10. The van der Waals surface area contributed by atoms with Crippen molar-refractivity contribution in [1.29, 1.82) is 0 Å². The summed E-state index contributed by atoms with van der Waals surface area (Å²) in [5.74, 6) is 1.09. The first-order chi connectivity index (χ1) is 10.7. The van der Waals surface area contributed by atoms with Crippen molar-refractivity contribution in [2.45, 2.75) is 13.3 Å². The lowest BCUT2D eigenvalue weighted by Gasteiger charge is -2.26. The molecule has 0 aromatic carbocycles. The summed E-state index contributed by atoms with van der Waals surface area (Å²) in [6.07, 6.45) is 0.975. The SMILES string of the molecule is Cc1cc(OCCCN2CCOCC2)nc2nc(N)ccc12. The Balaban J connectivity index is 1.57. The van der Waals surface area contributed by atoms with E-state index in [0.29, 0.717) is 24.0 Å². The van der Waals surface area contributed by atoms with Crippen LogP contribution in [-0.4, -0.2) is 54.3 Å². The van der Waals surface area contributed by atoms with Crippen molar-refractivity contribution >= 4 is 16.9 Å². The summed E-state index contributed by atoms with van der Waals surface area (Å²) < 4.78 is 11.1. The van der Waals surface area contributed by atoms with Crippen molar-refractivity contribution in [1.82, 2.24) is 14.9 Å². The largest absolute Gasteiger partial charge is 0.478 e. The summed E-state index contributed by atoms with van der Waals surface area (Å²) >= 11 is 0. The molecule has 0 spiro atoms. The Morgan fingerprint density at radius 3 is 2.91 bits per heavy atom. The maximum Gasteiger partial charge on any atom is 0.215 e. The minimum Gasteiger partial charge on any atom is -0.478 e. The highest BCUT2D eigenvalue weighted by atomic mass is 16.5. The summed E-state index contributed by atoms with van der Waals surface area (Å²) in [4.78, 5) is 11.1. The zero-order valence-corrected chi connectivity index (χ0v) is 12.9. The van der Waals surface area contributed by atoms with Gasteiger partial charge in [0.1, 0.15) is 5.82 Å². The fourth-order valence-corrected chi connectivity index (χ4v) is 2.62. The van der Waals surface area contributed by atoms with Gasteiger partial charge in [-0.1, -0.05) is 0 Å². The lowest BCUT2D eigenvalue weighted by atomic mass is 10.2. The molecule has 0 radical (unpaired) electrons.